The summed E-state index contributed by atoms with van der Waals surface area (Å²) in [6, 6.07) is 0. The summed E-state index contributed by atoms with van der Waals surface area (Å²) < 4.78 is 33.0. The van der Waals surface area contributed by atoms with Crippen LogP contribution in [0.5, 0.6) is 0 Å². The first-order chi connectivity index (χ1) is 26.3. The molecule has 0 rings (SSSR count). The van der Waals surface area contributed by atoms with Crippen LogP contribution in [0.4, 0.5) is 0 Å². The van der Waals surface area contributed by atoms with Crippen LogP contribution < -0.4 is 5.32 Å². The third-order valence-corrected chi connectivity index (χ3v) is 9.00. The number of likely N-dealkylation sites (N-methyl/N-ethyl adjacent to an activating group) is 1. The van der Waals surface area contributed by atoms with Crippen LogP contribution in [-0.2, 0) is 32.7 Å². The first kappa shape index (κ1) is 51.2. The Balaban J connectivity index is 4.42. The molecule has 0 radical (unpaired) electrons. The highest BCUT2D eigenvalue weighted by molar-refractivity contribution is 7.47. The summed E-state index contributed by atoms with van der Waals surface area (Å²) in [7, 11) is -2.69. The van der Waals surface area contributed by atoms with Crippen LogP contribution in [0.15, 0.2) is 85.1 Å². The molecular formula is C44H74NO8P. The second kappa shape index (κ2) is 39.9. The quantitative estimate of drug-likeness (QED) is 0.0275. The Hall–Kier alpha value is -2.81. The number of phosphoric acid groups is 1. The molecule has 0 aromatic heterocycles. The number of carbonyl (C=O) groups excluding carboxylic acids is 2. The minimum Gasteiger partial charge on any atom is -0.462 e. The van der Waals surface area contributed by atoms with Crippen LogP contribution in [0, 0.1) is 0 Å². The molecule has 2 atom stereocenters. The molecule has 0 aliphatic carbocycles. The zero-order valence-corrected chi connectivity index (χ0v) is 34.8. The van der Waals surface area contributed by atoms with E-state index >= 15 is 0 Å². The van der Waals surface area contributed by atoms with Gasteiger partial charge >= 0.3 is 19.8 Å². The van der Waals surface area contributed by atoms with Crippen LogP contribution in [0.3, 0.4) is 0 Å². The summed E-state index contributed by atoms with van der Waals surface area (Å²) in [6.07, 6.45) is 47.9. The fraction of sp³-hybridized carbons (Fsp3) is 0.636. The lowest BCUT2D eigenvalue weighted by molar-refractivity contribution is -0.161. The van der Waals surface area contributed by atoms with E-state index in [0.717, 1.165) is 70.6 Å². The lowest BCUT2D eigenvalue weighted by Crippen LogP contribution is -2.29. The largest absolute Gasteiger partial charge is 0.472 e. The maximum Gasteiger partial charge on any atom is 0.472 e. The van der Waals surface area contributed by atoms with Crippen molar-refractivity contribution in [1.82, 2.24) is 5.32 Å². The molecule has 0 spiro atoms. The Bertz CT molecular complexity index is 1160. The van der Waals surface area contributed by atoms with E-state index in [1.54, 1.807) is 7.05 Å². The molecule has 308 valence electrons. The van der Waals surface area contributed by atoms with E-state index < -0.39 is 32.5 Å². The fourth-order valence-electron chi connectivity index (χ4n) is 4.92. The summed E-state index contributed by atoms with van der Waals surface area (Å²) in [4.78, 5) is 34.9. The van der Waals surface area contributed by atoms with Gasteiger partial charge in [0.05, 0.1) is 13.2 Å². The van der Waals surface area contributed by atoms with Gasteiger partial charge in [-0.05, 0) is 84.1 Å². The maximum absolute atomic E-state index is 12.6. The molecule has 10 heteroatoms. The predicted molar refractivity (Wildman–Crippen MR) is 224 cm³/mol. The van der Waals surface area contributed by atoms with Gasteiger partial charge in [-0.3, -0.25) is 18.6 Å². The Morgan fingerprint density at radius 3 is 1.65 bits per heavy atom. The highest BCUT2D eigenvalue weighted by atomic mass is 31.2. The van der Waals surface area contributed by atoms with Gasteiger partial charge in [0, 0.05) is 19.4 Å². The lowest BCUT2D eigenvalue weighted by atomic mass is 10.1. The summed E-state index contributed by atoms with van der Waals surface area (Å²) in [5.41, 5.74) is 0. The first-order valence-electron chi connectivity index (χ1n) is 20.5. The van der Waals surface area contributed by atoms with Gasteiger partial charge in [-0.1, -0.05) is 137 Å². The smallest absolute Gasteiger partial charge is 0.462 e. The lowest BCUT2D eigenvalue weighted by Gasteiger charge is -2.19. The number of carbonyl (C=O) groups is 2. The molecule has 0 fully saturated rings. The van der Waals surface area contributed by atoms with Crippen molar-refractivity contribution in [3.63, 3.8) is 0 Å². The summed E-state index contributed by atoms with van der Waals surface area (Å²) in [5, 5.41) is 2.81. The zero-order chi connectivity index (χ0) is 39.6. The SMILES string of the molecule is CC/C=C\C/C=C\C/C=C\C/C=C\C/C=C\C/C=C\CCC(=O)OC(COC(=O)CCCCCCC/C=C\CCCCCC)COP(=O)(O)OCCNC. The van der Waals surface area contributed by atoms with E-state index in [-0.39, 0.29) is 26.1 Å². The molecule has 0 aliphatic rings. The monoisotopic (exact) mass is 776 g/mol. The Kier molecular flexibility index (Phi) is 37.8. The molecular weight excluding hydrogens is 701 g/mol. The van der Waals surface area contributed by atoms with Gasteiger partial charge in [-0.15, -0.1) is 0 Å². The number of hydrogen-bond acceptors (Lipinski definition) is 8. The third-order valence-electron chi connectivity index (χ3n) is 8.01. The highest BCUT2D eigenvalue weighted by Crippen LogP contribution is 2.43. The molecule has 0 heterocycles. The Morgan fingerprint density at radius 1 is 0.593 bits per heavy atom. The second-order valence-electron chi connectivity index (χ2n) is 13.1. The number of phosphoric ester groups is 1. The van der Waals surface area contributed by atoms with Gasteiger partial charge in [-0.25, -0.2) is 4.57 Å². The number of rotatable bonds is 37. The number of esters is 2. The van der Waals surface area contributed by atoms with Crippen LogP contribution in [0.1, 0.15) is 142 Å². The first-order valence-corrected chi connectivity index (χ1v) is 22.0. The third kappa shape index (κ3) is 38.9. The second-order valence-corrected chi connectivity index (χ2v) is 14.5. The van der Waals surface area contributed by atoms with Crippen LogP contribution in [-0.4, -0.2) is 56.3 Å². The molecule has 0 aromatic rings. The van der Waals surface area contributed by atoms with Crippen LogP contribution in [0.2, 0.25) is 0 Å². The number of hydrogen-bond donors (Lipinski definition) is 2. The van der Waals surface area contributed by atoms with Gasteiger partial charge < -0.3 is 19.7 Å². The molecule has 0 amide bonds. The molecule has 0 saturated carbocycles. The predicted octanol–water partition coefficient (Wildman–Crippen LogP) is 11.5. The molecule has 54 heavy (non-hydrogen) atoms. The summed E-state index contributed by atoms with van der Waals surface area (Å²) in [5.74, 6) is -0.924. The van der Waals surface area contributed by atoms with Gasteiger partial charge in [-0.2, -0.15) is 0 Å². The van der Waals surface area contributed by atoms with Crippen molar-refractivity contribution in [1.29, 1.82) is 0 Å². The van der Waals surface area contributed by atoms with E-state index in [2.05, 4.69) is 92.1 Å². The van der Waals surface area contributed by atoms with Gasteiger partial charge in [0.25, 0.3) is 0 Å². The van der Waals surface area contributed by atoms with E-state index in [1.165, 1.54) is 32.1 Å². The van der Waals surface area contributed by atoms with E-state index in [9.17, 15) is 19.0 Å². The number of nitrogens with one attached hydrogen (secondary N) is 1. The zero-order valence-electron chi connectivity index (χ0n) is 33.9. The molecule has 0 aliphatic heterocycles. The average molecular weight is 776 g/mol. The normalized spacial score (nSPS) is 14.2. The average Bonchev–Trinajstić information content (AvgIpc) is 3.15. The number of ether oxygens (including phenoxy) is 2. The van der Waals surface area contributed by atoms with Crippen LogP contribution in [0.25, 0.3) is 0 Å². The van der Waals surface area contributed by atoms with Crippen LogP contribution >= 0.6 is 7.82 Å². The van der Waals surface area contributed by atoms with Crippen molar-refractivity contribution in [3.8, 4) is 0 Å². The molecule has 9 nitrogen and oxygen atoms in total. The molecule has 0 bridgehead atoms. The van der Waals surface area contributed by atoms with Gasteiger partial charge in [0.1, 0.15) is 6.61 Å². The Labute approximate surface area is 328 Å². The highest BCUT2D eigenvalue weighted by Gasteiger charge is 2.26. The van der Waals surface area contributed by atoms with Crippen molar-refractivity contribution in [2.24, 2.45) is 0 Å². The van der Waals surface area contributed by atoms with Crippen molar-refractivity contribution >= 4 is 19.8 Å². The van der Waals surface area contributed by atoms with Gasteiger partial charge in [0.15, 0.2) is 6.10 Å². The van der Waals surface area contributed by atoms with E-state index in [4.69, 9.17) is 18.5 Å². The van der Waals surface area contributed by atoms with Crippen molar-refractivity contribution < 1.29 is 37.6 Å². The van der Waals surface area contributed by atoms with E-state index in [0.29, 0.717) is 19.4 Å². The van der Waals surface area contributed by atoms with Gasteiger partial charge in [0.2, 0.25) is 0 Å². The van der Waals surface area contributed by atoms with E-state index in [1.807, 2.05) is 12.2 Å². The van der Waals surface area contributed by atoms with Crippen molar-refractivity contribution in [2.75, 3.05) is 33.4 Å². The minimum atomic E-state index is -4.37. The number of unbranched alkanes of at least 4 members (excludes halogenated alkanes) is 9. The fourth-order valence-corrected chi connectivity index (χ4v) is 5.68. The molecule has 2 N–H and O–H groups in total. The molecule has 0 aromatic carbocycles. The van der Waals surface area contributed by atoms with Crippen molar-refractivity contribution in [3.05, 3.63) is 85.1 Å². The molecule has 0 saturated heterocycles. The number of allylic oxidation sites excluding steroid dienone is 14. The maximum atomic E-state index is 12.6. The minimum absolute atomic E-state index is 0.0362. The summed E-state index contributed by atoms with van der Waals surface area (Å²) >= 11 is 0. The molecule has 2 unspecified atom stereocenters. The standard InChI is InChI=1S/C44H74NO8P/c1-4-6-8-10-12-14-16-18-19-20-21-22-23-25-27-29-31-33-35-37-44(47)53-42(41-52-54(48,49)51-39-38-45-3)40-50-43(46)36-34-32-30-28-26-24-17-15-13-11-9-7-5-2/h6,8,12,14-15,17-19,21-22,25,27,31,33,42,45H,4-5,7,9-11,13,16,20,23-24,26,28-30,32,34-41H2,1-3H3,(H,48,49)/b8-6-,14-12-,17-15-,19-18-,22-21-,27-25-,33-31-. The topological polar surface area (TPSA) is 120 Å². The summed E-state index contributed by atoms with van der Waals surface area (Å²) in [6.45, 7) is 3.97. The Morgan fingerprint density at radius 2 is 1.09 bits per heavy atom. The van der Waals surface area contributed by atoms with Crippen molar-refractivity contribution in [2.45, 2.75) is 148 Å².